The number of pyridine rings is 2. The van der Waals surface area contributed by atoms with E-state index in [2.05, 4.69) is 15.6 Å². The van der Waals surface area contributed by atoms with E-state index in [9.17, 15) is 24.3 Å². The van der Waals surface area contributed by atoms with E-state index in [-0.39, 0.29) is 32.0 Å². The van der Waals surface area contributed by atoms with Gasteiger partial charge in [-0.05, 0) is 75.8 Å². The average Bonchev–Trinajstić information content (AvgIpc) is 3.37. The molecule has 0 saturated carbocycles. The van der Waals surface area contributed by atoms with Crippen molar-refractivity contribution in [2.24, 2.45) is 5.92 Å². The van der Waals surface area contributed by atoms with Crippen LogP contribution < -0.4 is 10.6 Å². The van der Waals surface area contributed by atoms with Gasteiger partial charge in [-0.3, -0.25) is 24.3 Å². The van der Waals surface area contributed by atoms with Crippen molar-refractivity contribution in [3.05, 3.63) is 65.5 Å². The number of aliphatic carboxylic acids is 1. The summed E-state index contributed by atoms with van der Waals surface area (Å²) in [5, 5.41) is 17.0. The number of carboxylic acid groups (broad SMARTS) is 1. The number of nitrogens with zero attached hydrogens (tertiary/aromatic N) is 4. The number of hydrogen-bond acceptors (Lipinski definition) is 8. The van der Waals surface area contributed by atoms with Crippen LogP contribution >= 0.6 is 0 Å². The van der Waals surface area contributed by atoms with Gasteiger partial charge >= 0.3 is 12.1 Å². The van der Waals surface area contributed by atoms with E-state index in [1.54, 1.807) is 33.9 Å². The summed E-state index contributed by atoms with van der Waals surface area (Å²) in [6.45, 7) is 7.88. The van der Waals surface area contributed by atoms with Gasteiger partial charge in [0.05, 0.1) is 36.3 Å². The zero-order valence-corrected chi connectivity index (χ0v) is 26.8. The van der Waals surface area contributed by atoms with Crippen LogP contribution in [0.3, 0.4) is 0 Å². The maximum absolute atomic E-state index is 13.7. The molecule has 3 atom stereocenters. The largest absolute Gasteiger partial charge is 0.481 e. The Morgan fingerprint density at radius 2 is 1.98 bits per heavy atom. The number of carbonyl (C=O) groups is 4. The lowest BCUT2D eigenvalue weighted by Crippen LogP contribution is -2.48. The third kappa shape index (κ3) is 7.55. The standard InChI is InChI=1S/C34H42N6O6/c1-5-25(32(43)44)29(23-17-22-9-6-7-11-26(22)36-18-23)38-28(41)20-39-16-14-27(31(39)42)40(33(45)46-34(2,3)4)19-24-13-12-21-10-8-15-35-30(21)37-24/h6-7,9,11-13,17-18,25,27,29H,5,8,10,14-16,19-20H2,1-4H3,(H,35,37)(H,38,41)(H,43,44)/t25?,27-,29+/m0/s1. The molecular formula is C34H42N6O6. The lowest BCUT2D eigenvalue weighted by molar-refractivity contribution is -0.143. The van der Waals surface area contributed by atoms with Crippen LogP contribution in [0.2, 0.25) is 0 Å². The van der Waals surface area contributed by atoms with Crippen molar-refractivity contribution in [3.8, 4) is 0 Å². The number of amides is 3. The van der Waals surface area contributed by atoms with Gasteiger partial charge in [0.15, 0.2) is 0 Å². The Bertz CT molecular complexity index is 1620. The lowest BCUT2D eigenvalue weighted by atomic mass is 9.91. The number of hydrogen-bond donors (Lipinski definition) is 3. The van der Waals surface area contributed by atoms with Crippen LogP contribution in [-0.4, -0.2) is 80.0 Å². The Morgan fingerprint density at radius 3 is 2.72 bits per heavy atom. The van der Waals surface area contributed by atoms with E-state index < -0.39 is 41.6 Å². The maximum Gasteiger partial charge on any atom is 0.411 e. The highest BCUT2D eigenvalue weighted by Gasteiger charge is 2.41. The number of para-hydroxylation sites is 1. The first-order valence-electron chi connectivity index (χ1n) is 15.8. The topological polar surface area (TPSA) is 154 Å². The molecule has 2 aliphatic rings. The Hall–Kier alpha value is -4.74. The summed E-state index contributed by atoms with van der Waals surface area (Å²) >= 11 is 0. The van der Waals surface area contributed by atoms with Gasteiger partial charge in [0.1, 0.15) is 17.5 Å². The summed E-state index contributed by atoms with van der Waals surface area (Å²) < 4.78 is 5.69. The van der Waals surface area contributed by atoms with Crippen molar-refractivity contribution in [2.75, 3.05) is 25.0 Å². The SMILES string of the molecule is CCC(C(=O)O)[C@H](NC(=O)CN1CC[C@H](N(Cc2ccc3c(n2)NCCC3)C(=O)OC(C)(C)C)C1=O)c1cnc2ccccc2c1. The van der Waals surface area contributed by atoms with Gasteiger partial charge < -0.3 is 25.4 Å². The molecule has 46 heavy (non-hydrogen) atoms. The van der Waals surface area contributed by atoms with Crippen molar-refractivity contribution >= 4 is 40.6 Å². The average molecular weight is 631 g/mol. The molecule has 3 N–H and O–H groups in total. The maximum atomic E-state index is 13.7. The first-order chi connectivity index (χ1) is 21.9. The minimum absolute atomic E-state index is 0.0636. The Kier molecular flexibility index (Phi) is 9.74. The number of aromatic nitrogens is 2. The first kappa shape index (κ1) is 32.6. The number of aryl methyl sites for hydroxylation is 1. The van der Waals surface area contributed by atoms with E-state index in [1.807, 2.05) is 42.5 Å². The highest BCUT2D eigenvalue weighted by atomic mass is 16.6. The first-order valence-corrected chi connectivity index (χ1v) is 15.8. The second-order valence-corrected chi connectivity index (χ2v) is 12.9. The Balaban J connectivity index is 1.33. The van der Waals surface area contributed by atoms with Crippen LogP contribution in [0.4, 0.5) is 10.6 Å². The van der Waals surface area contributed by atoms with Crippen LogP contribution in [0, 0.1) is 5.92 Å². The van der Waals surface area contributed by atoms with E-state index >= 15 is 0 Å². The van der Waals surface area contributed by atoms with Crippen LogP contribution in [0.15, 0.2) is 48.7 Å². The molecule has 5 rings (SSSR count). The van der Waals surface area contributed by atoms with Gasteiger partial charge in [-0.25, -0.2) is 9.78 Å². The normalized spacial score (nSPS) is 17.5. The molecule has 244 valence electrons. The fourth-order valence-electron chi connectivity index (χ4n) is 6.04. The molecule has 12 heteroatoms. The van der Waals surface area contributed by atoms with E-state index in [1.165, 1.54) is 9.80 Å². The number of anilines is 1. The molecule has 1 unspecified atom stereocenters. The number of benzene rings is 1. The second-order valence-electron chi connectivity index (χ2n) is 12.9. The molecule has 4 heterocycles. The molecule has 2 aromatic heterocycles. The molecule has 12 nitrogen and oxygen atoms in total. The molecule has 1 aromatic carbocycles. The summed E-state index contributed by atoms with van der Waals surface area (Å²) in [5.41, 5.74) is 2.27. The molecule has 1 fully saturated rings. The summed E-state index contributed by atoms with van der Waals surface area (Å²) in [7, 11) is 0. The number of nitrogens with one attached hydrogen (secondary N) is 2. The molecule has 2 aliphatic heterocycles. The van der Waals surface area contributed by atoms with Gasteiger partial charge in [0.2, 0.25) is 11.8 Å². The minimum Gasteiger partial charge on any atom is -0.481 e. The number of ether oxygens (including phenoxy) is 1. The van der Waals surface area contributed by atoms with Crippen molar-refractivity contribution in [1.82, 2.24) is 25.1 Å². The van der Waals surface area contributed by atoms with Gasteiger partial charge in [-0.1, -0.05) is 31.2 Å². The summed E-state index contributed by atoms with van der Waals surface area (Å²) in [6, 6.07) is 11.4. The summed E-state index contributed by atoms with van der Waals surface area (Å²) in [4.78, 5) is 64.8. The van der Waals surface area contributed by atoms with Crippen LogP contribution in [0.25, 0.3) is 10.9 Å². The van der Waals surface area contributed by atoms with Crippen LogP contribution in [0.5, 0.6) is 0 Å². The molecule has 0 aliphatic carbocycles. The highest BCUT2D eigenvalue weighted by Crippen LogP contribution is 2.28. The number of carbonyl (C=O) groups excluding carboxylic acids is 3. The smallest absolute Gasteiger partial charge is 0.411 e. The highest BCUT2D eigenvalue weighted by molar-refractivity contribution is 5.91. The number of carboxylic acids is 1. The fraction of sp³-hybridized carbons (Fsp3) is 0.471. The summed E-state index contributed by atoms with van der Waals surface area (Å²) in [6.07, 6.45) is 3.47. The fourth-order valence-corrected chi connectivity index (χ4v) is 6.04. The Morgan fingerprint density at radius 1 is 1.20 bits per heavy atom. The second kappa shape index (κ2) is 13.7. The van der Waals surface area contributed by atoms with E-state index in [4.69, 9.17) is 9.72 Å². The molecule has 3 amide bonds. The van der Waals surface area contributed by atoms with Gasteiger partial charge in [0, 0.05) is 24.7 Å². The van der Waals surface area contributed by atoms with Crippen molar-refractivity contribution in [1.29, 1.82) is 0 Å². The predicted molar refractivity (Wildman–Crippen MR) is 172 cm³/mol. The zero-order chi connectivity index (χ0) is 33.0. The van der Waals surface area contributed by atoms with Gasteiger partial charge in [0.25, 0.3) is 0 Å². The van der Waals surface area contributed by atoms with Crippen LogP contribution in [-0.2, 0) is 32.1 Å². The molecule has 1 saturated heterocycles. The zero-order valence-electron chi connectivity index (χ0n) is 26.8. The third-order valence-corrected chi connectivity index (χ3v) is 8.34. The van der Waals surface area contributed by atoms with Crippen molar-refractivity contribution in [3.63, 3.8) is 0 Å². The number of fused-ring (bicyclic) bond motifs is 2. The predicted octanol–water partition coefficient (Wildman–Crippen LogP) is 4.29. The van der Waals surface area contributed by atoms with E-state index in [0.29, 0.717) is 17.7 Å². The number of likely N-dealkylation sites (tertiary alicyclic amines) is 1. The molecule has 0 bridgehead atoms. The molecule has 0 radical (unpaired) electrons. The Labute approximate surface area is 268 Å². The summed E-state index contributed by atoms with van der Waals surface area (Å²) in [5.74, 6) is -2.05. The van der Waals surface area contributed by atoms with Crippen LogP contribution in [0.1, 0.15) is 69.8 Å². The molecular weight excluding hydrogens is 588 g/mol. The number of rotatable bonds is 10. The lowest BCUT2D eigenvalue weighted by Gasteiger charge is -2.31. The van der Waals surface area contributed by atoms with Gasteiger partial charge in [-0.2, -0.15) is 0 Å². The van der Waals surface area contributed by atoms with Crippen molar-refractivity contribution in [2.45, 2.75) is 77.6 Å². The molecule has 3 aromatic rings. The third-order valence-electron chi connectivity index (χ3n) is 8.34. The van der Waals surface area contributed by atoms with Crippen molar-refractivity contribution < 1.29 is 29.0 Å². The van der Waals surface area contributed by atoms with E-state index in [0.717, 1.165) is 41.7 Å². The van der Waals surface area contributed by atoms with Gasteiger partial charge in [-0.15, -0.1) is 0 Å². The minimum atomic E-state index is -1.04. The monoisotopic (exact) mass is 630 g/mol. The molecule has 0 spiro atoms. The quantitative estimate of drug-likeness (QED) is 0.298.